The summed E-state index contributed by atoms with van der Waals surface area (Å²) >= 11 is 0. The fourth-order valence-corrected chi connectivity index (χ4v) is 2.31. The van der Waals surface area contributed by atoms with Crippen molar-refractivity contribution >= 4 is 11.0 Å². The minimum absolute atomic E-state index is 0.239. The molecule has 0 bridgehead atoms. The highest BCUT2D eigenvalue weighted by atomic mass is 32.2. The van der Waals surface area contributed by atoms with Crippen LogP contribution in [0.25, 0.3) is 0 Å². The van der Waals surface area contributed by atoms with Gasteiger partial charge in [-0.1, -0.05) is 18.2 Å². The largest absolute Gasteiger partial charge is 0.493 e. The van der Waals surface area contributed by atoms with Crippen molar-refractivity contribution < 1.29 is 8.95 Å². The van der Waals surface area contributed by atoms with Crippen LogP contribution in [0.1, 0.15) is 34.6 Å². The van der Waals surface area contributed by atoms with E-state index in [1.54, 1.807) is 0 Å². The van der Waals surface area contributed by atoms with Gasteiger partial charge in [-0.2, -0.15) is 10.2 Å². The topological polar surface area (TPSA) is 63.0 Å². The molecule has 0 spiro atoms. The number of rotatable bonds is 7. The summed E-state index contributed by atoms with van der Waals surface area (Å²) in [5.41, 5.74) is -0.901. The van der Waals surface area contributed by atoms with Crippen LogP contribution in [0.3, 0.4) is 0 Å². The van der Waals surface area contributed by atoms with Crippen molar-refractivity contribution in [1.29, 1.82) is 0 Å². The maximum Gasteiger partial charge on any atom is 0.136 e. The molecular formula is C15H25N3O2S. The van der Waals surface area contributed by atoms with E-state index in [1.807, 2.05) is 65.0 Å². The van der Waals surface area contributed by atoms with Crippen molar-refractivity contribution in [1.82, 2.24) is 4.72 Å². The highest BCUT2D eigenvalue weighted by molar-refractivity contribution is 7.83. The van der Waals surface area contributed by atoms with E-state index in [0.717, 1.165) is 5.75 Å². The molecule has 1 unspecified atom stereocenters. The molecule has 0 aliphatic heterocycles. The first-order chi connectivity index (χ1) is 9.68. The van der Waals surface area contributed by atoms with Crippen LogP contribution < -0.4 is 9.46 Å². The van der Waals surface area contributed by atoms with Gasteiger partial charge in [-0.15, -0.1) is 0 Å². The molecule has 0 saturated heterocycles. The van der Waals surface area contributed by atoms with E-state index >= 15 is 0 Å². The summed E-state index contributed by atoms with van der Waals surface area (Å²) in [5.74, 6) is 1.17. The summed E-state index contributed by atoms with van der Waals surface area (Å²) in [6, 6.07) is 9.48. The molecule has 0 fully saturated rings. The third-order valence-corrected chi connectivity index (χ3v) is 3.51. The summed E-state index contributed by atoms with van der Waals surface area (Å²) in [4.78, 5) is 0. The predicted molar refractivity (Wildman–Crippen MR) is 86.8 cm³/mol. The smallest absolute Gasteiger partial charge is 0.136 e. The van der Waals surface area contributed by atoms with Crippen LogP contribution in [0.2, 0.25) is 0 Å². The predicted octanol–water partition coefficient (Wildman–Crippen LogP) is 3.31. The number of hydrogen-bond donors (Lipinski definition) is 1. The molecule has 0 saturated carbocycles. The molecule has 1 atom stereocenters. The number of ether oxygens (including phenoxy) is 1. The van der Waals surface area contributed by atoms with Crippen molar-refractivity contribution in [3.8, 4) is 5.75 Å². The average molecular weight is 311 g/mol. The van der Waals surface area contributed by atoms with Gasteiger partial charge in [0.15, 0.2) is 0 Å². The molecule has 0 aliphatic rings. The van der Waals surface area contributed by atoms with Crippen LogP contribution in [0, 0.1) is 0 Å². The Kier molecular flexibility index (Phi) is 6.48. The highest BCUT2D eigenvalue weighted by Gasteiger charge is 2.20. The lowest BCUT2D eigenvalue weighted by Gasteiger charge is -2.21. The Hall–Kier alpha value is -1.27. The maximum absolute atomic E-state index is 12.0. The maximum atomic E-state index is 12.0. The lowest BCUT2D eigenvalue weighted by molar-refractivity contribution is 0.341. The first-order valence-electron chi connectivity index (χ1n) is 6.96. The summed E-state index contributed by atoms with van der Waals surface area (Å²) in [6.45, 7) is 9.98. The van der Waals surface area contributed by atoms with Gasteiger partial charge < -0.3 is 4.74 Å². The van der Waals surface area contributed by atoms with E-state index < -0.39 is 16.6 Å². The molecule has 0 aromatic heterocycles. The third kappa shape index (κ3) is 8.57. The van der Waals surface area contributed by atoms with E-state index in [2.05, 4.69) is 15.0 Å². The van der Waals surface area contributed by atoms with Crippen molar-refractivity contribution in [3.05, 3.63) is 30.3 Å². The fraction of sp³-hybridized carbons (Fsp3) is 0.600. The van der Waals surface area contributed by atoms with E-state index in [4.69, 9.17) is 4.74 Å². The van der Waals surface area contributed by atoms with Gasteiger partial charge in [-0.05, 0) is 46.8 Å². The molecule has 6 heteroatoms. The molecule has 118 valence electrons. The number of hydrogen-bond acceptors (Lipinski definition) is 4. The molecule has 0 heterocycles. The zero-order valence-electron chi connectivity index (χ0n) is 13.4. The molecule has 1 rings (SSSR count). The second kappa shape index (κ2) is 7.66. The summed E-state index contributed by atoms with van der Waals surface area (Å²) in [5, 5.41) is 8.42. The summed E-state index contributed by atoms with van der Waals surface area (Å²) in [7, 11) is -1.22. The first kappa shape index (κ1) is 17.8. The van der Waals surface area contributed by atoms with Gasteiger partial charge in [0.1, 0.15) is 18.0 Å². The van der Waals surface area contributed by atoms with E-state index in [1.165, 1.54) is 0 Å². The van der Waals surface area contributed by atoms with Crippen molar-refractivity contribution in [3.63, 3.8) is 0 Å². The Labute approximate surface area is 129 Å². The van der Waals surface area contributed by atoms with Crippen LogP contribution in [-0.2, 0) is 11.0 Å². The standard InChI is InChI=1S/C15H25N3O2S/c1-14(2,3)16-17-15(4,5)18-21(19)12-11-20-13-9-7-6-8-10-13/h6-10,18H,11-12H2,1-5H3. The van der Waals surface area contributed by atoms with Crippen molar-refractivity contribution in [2.75, 3.05) is 12.4 Å². The number of benzene rings is 1. The van der Waals surface area contributed by atoms with Crippen LogP contribution in [0.5, 0.6) is 5.75 Å². The van der Waals surface area contributed by atoms with E-state index in [-0.39, 0.29) is 5.54 Å². The SMILES string of the molecule is CC(C)(C)N=NC(C)(C)NS(=O)CCOc1ccccc1. The van der Waals surface area contributed by atoms with Crippen molar-refractivity contribution in [2.24, 2.45) is 10.2 Å². The van der Waals surface area contributed by atoms with Crippen LogP contribution in [0.15, 0.2) is 40.6 Å². The molecule has 1 aromatic rings. The van der Waals surface area contributed by atoms with Crippen LogP contribution in [0.4, 0.5) is 0 Å². The lowest BCUT2D eigenvalue weighted by Crippen LogP contribution is -2.40. The second-order valence-electron chi connectivity index (χ2n) is 6.24. The summed E-state index contributed by atoms with van der Waals surface area (Å²) < 4.78 is 20.5. The number of nitrogens with one attached hydrogen (secondary N) is 1. The Bertz CT molecular complexity index is 481. The number of nitrogens with zero attached hydrogens (tertiary/aromatic N) is 2. The average Bonchev–Trinajstić information content (AvgIpc) is 2.36. The molecule has 5 nitrogen and oxygen atoms in total. The molecule has 0 amide bonds. The van der Waals surface area contributed by atoms with E-state index in [9.17, 15) is 4.21 Å². The fourth-order valence-electron chi connectivity index (χ4n) is 1.38. The minimum atomic E-state index is -1.22. The highest BCUT2D eigenvalue weighted by Crippen LogP contribution is 2.13. The van der Waals surface area contributed by atoms with Gasteiger partial charge in [0, 0.05) is 0 Å². The van der Waals surface area contributed by atoms with Gasteiger partial charge in [0.05, 0.1) is 22.3 Å². The van der Waals surface area contributed by atoms with Gasteiger partial charge in [-0.3, -0.25) is 0 Å². The number of azo groups is 1. The Morgan fingerprint density at radius 1 is 1.10 bits per heavy atom. The molecule has 0 radical (unpaired) electrons. The summed E-state index contributed by atoms with van der Waals surface area (Å²) in [6.07, 6.45) is 0. The molecule has 21 heavy (non-hydrogen) atoms. The normalized spacial score (nSPS) is 14.3. The molecule has 0 aliphatic carbocycles. The van der Waals surface area contributed by atoms with Gasteiger partial charge in [0.2, 0.25) is 0 Å². The van der Waals surface area contributed by atoms with Gasteiger partial charge in [0.25, 0.3) is 0 Å². The lowest BCUT2D eigenvalue weighted by atomic mass is 10.1. The Balaban J connectivity index is 2.37. The molecule has 1 N–H and O–H groups in total. The molecular weight excluding hydrogens is 286 g/mol. The van der Waals surface area contributed by atoms with Gasteiger partial charge >= 0.3 is 0 Å². The monoisotopic (exact) mass is 311 g/mol. The van der Waals surface area contributed by atoms with Gasteiger partial charge in [-0.25, -0.2) is 8.93 Å². The zero-order valence-corrected chi connectivity index (χ0v) is 14.2. The minimum Gasteiger partial charge on any atom is -0.493 e. The van der Waals surface area contributed by atoms with Crippen molar-refractivity contribution in [2.45, 2.75) is 45.8 Å². The van der Waals surface area contributed by atoms with Crippen LogP contribution >= 0.6 is 0 Å². The quantitative estimate of drug-likeness (QED) is 0.785. The number of para-hydroxylation sites is 1. The zero-order chi connectivity index (χ0) is 15.9. The Morgan fingerprint density at radius 2 is 1.71 bits per heavy atom. The molecule has 1 aromatic carbocycles. The third-order valence-electron chi connectivity index (χ3n) is 2.24. The Morgan fingerprint density at radius 3 is 2.29 bits per heavy atom. The second-order valence-corrected chi connectivity index (χ2v) is 7.55. The van der Waals surface area contributed by atoms with Crippen LogP contribution in [-0.4, -0.2) is 27.8 Å². The van der Waals surface area contributed by atoms with E-state index in [0.29, 0.717) is 12.4 Å². The first-order valence-corrected chi connectivity index (χ1v) is 8.28.